The molecular formula is C20H19Br2ClN2O. The number of fused-ring (bicyclic) bond motifs is 1. The minimum Gasteiger partial charge on any atom is -0.381 e. The van der Waals surface area contributed by atoms with Crippen LogP contribution in [0.1, 0.15) is 24.0 Å². The molecule has 136 valence electrons. The number of halogens is 3. The molecule has 2 aromatic rings. The molecule has 2 heterocycles. The summed E-state index contributed by atoms with van der Waals surface area (Å²) in [6.07, 6.45) is 2.96. The molecule has 0 saturated carbocycles. The van der Waals surface area contributed by atoms with Crippen LogP contribution in [-0.4, -0.2) is 19.0 Å². The molecule has 2 aliphatic heterocycles. The highest BCUT2D eigenvalue weighted by Crippen LogP contribution is 2.44. The monoisotopic (exact) mass is 496 g/mol. The van der Waals surface area contributed by atoms with Gasteiger partial charge >= 0.3 is 0 Å². The lowest BCUT2D eigenvalue weighted by molar-refractivity contribution is 0.0448. The maximum atomic E-state index is 6.12. The standard InChI is InChI=1S/C20H19Br2ClN2O/c21-16-9-14-11-20(4-6-26-7-5-20)19(25-18(14)10-17(16)22)24-12-13-2-1-3-15(23)8-13/h1-3,8-10H,4-7,11-12H2,(H,24,25). The van der Waals surface area contributed by atoms with Crippen LogP contribution in [0.5, 0.6) is 0 Å². The zero-order valence-corrected chi connectivity index (χ0v) is 18.1. The first-order valence-corrected chi connectivity index (χ1v) is 10.6. The second-order valence-electron chi connectivity index (χ2n) is 6.91. The van der Waals surface area contributed by atoms with Crippen LogP contribution in [-0.2, 0) is 17.7 Å². The van der Waals surface area contributed by atoms with Crippen molar-refractivity contribution in [3.63, 3.8) is 0 Å². The number of ether oxygens (including phenoxy) is 1. The van der Waals surface area contributed by atoms with Gasteiger partial charge in [0.1, 0.15) is 5.84 Å². The van der Waals surface area contributed by atoms with Gasteiger partial charge in [0.05, 0.1) is 6.54 Å². The molecular weight excluding hydrogens is 479 g/mol. The number of hydrogen-bond acceptors (Lipinski definition) is 2. The van der Waals surface area contributed by atoms with Crippen LogP contribution in [0.2, 0.25) is 5.02 Å². The Morgan fingerprint density at radius 2 is 1.88 bits per heavy atom. The molecule has 0 bridgehead atoms. The molecule has 6 heteroatoms. The van der Waals surface area contributed by atoms with Gasteiger partial charge in [0.15, 0.2) is 0 Å². The van der Waals surface area contributed by atoms with Crippen molar-refractivity contribution in [3.05, 3.63) is 61.5 Å². The van der Waals surface area contributed by atoms with Crippen LogP contribution in [0.15, 0.2) is 50.3 Å². The Bertz CT molecular complexity index is 863. The van der Waals surface area contributed by atoms with E-state index in [-0.39, 0.29) is 5.41 Å². The van der Waals surface area contributed by atoms with Crippen molar-refractivity contribution < 1.29 is 4.74 Å². The summed E-state index contributed by atoms with van der Waals surface area (Å²) in [5, 5.41) is 4.37. The number of nitrogens with zero attached hydrogens (tertiary/aromatic N) is 1. The van der Waals surface area contributed by atoms with E-state index < -0.39 is 0 Å². The lowest BCUT2D eigenvalue weighted by Gasteiger charge is -2.42. The molecule has 4 rings (SSSR count). The van der Waals surface area contributed by atoms with E-state index in [9.17, 15) is 0 Å². The van der Waals surface area contributed by atoms with Crippen molar-refractivity contribution in [3.8, 4) is 0 Å². The van der Waals surface area contributed by atoms with Crippen molar-refractivity contribution >= 4 is 55.0 Å². The fraction of sp³-hybridized carbons (Fsp3) is 0.350. The lowest BCUT2D eigenvalue weighted by Crippen LogP contribution is -2.45. The average Bonchev–Trinajstić information content (AvgIpc) is 2.62. The fourth-order valence-corrected chi connectivity index (χ4v) is 4.69. The number of benzene rings is 2. The first kappa shape index (κ1) is 18.5. The van der Waals surface area contributed by atoms with E-state index in [1.54, 1.807) is 0 Å². The quantitative estimate of drug-likeness (QED) is 0.533. The van der Waals surface area contributed by atoms with Gasteiger partial charge in [-0.25, -0.2) is 0 Å². The Kier molecular flexibility index (Phi) is 5.42. The largest absolute Gasteiger partial charge is 0.381 e. The molecule has 1 N–H and O–H groups in total. The van der Waals surface area contributed by atoms with Gasteiger partial charge in [-0.3, -0.25) is 4.99 Å². The zero-order valence-electron chi connectivity index (χ0n) is 14.2. The van der Waals surface area contributed by atoms with Crippen molar-refractivity contribution in [2.75, 3.05) is 18.5 Å². The smallest absolute Gasteiger partial charge is 0.108 e. The van der Waals surface area contributed by atoms with Gasteiger partial charge < -0.3 is 10.1 Å². The van der Waals surface area contributed by atoms with Crippen molar-refractivity contribution in [2.45, 2.75) is 25.8 Å². The molecule has 2 aromatic carbocycles. The Morgan fingerprint density at radius 3 is 2.65 bits per heavy atom. The van der Waals surface area contributed by atoms with Crippen molar-refractivity contribution in [1.82, 2.24) is 0 Å². The maximum Gasteiger partial charge on any atom is 0.108 e. The molecule has 2 aliphatic rings. The highest BCUT2D eigenvalue weighted by Gasteiger charge is 2.41. The van der Waals surface area contributed by atoms with E-state index in [0.29, 0.717) is 6.54 Å². The number of rotatable bonds is 2. The summed E-state index contributed by atoms with van der Waals surface area (Å²) in [4.78, 5) is 4.99. The molecule has 1 saturated heterocycles. The molecule has 1 spiro atoms. The Morgan fingerprint density at radius 1 is 1.12 bits per heavy atom. The molecule has 26 heavy (non-hydrogen) atoms. The number of hydrogen-bond donors (Lipinski definition) is 1. The summed E-state index contributed by atoms with van der Waals surface area (Å²) in [6.45, 7) is 2.19. The van der Waals surface area contributed by atoms with Crippen LogP contribution in [0.25, 0.3) is 0 Å². The highest BCUT2D eigenvalue weighted by molar-refractivity contribution is 9.13. The summed E-state index contributed by atoms with van der Waals surface area (Å²) in [6, 6.07) is 12.2. The third-order valence-electron chi connectivity index (χ3n) is 5.19. The number of nitrogens with one attached hydrogen (secondary N) is 1. The molecule has 0 aromatic heterocycles. The SMILES string of the molecule is Clc1cccc(CN=C2Nc3cc(Br)c(Br)cc3CC23CCOCC3)c1. The first-order valence-electron chi connectivity index (χ1n) is 8.68. The van der Waals surface area contributed by atoms with Gasteiger partial charge in [0.2, 0.25) is 0 Å². The fourth-order valence-electron chi connectivity index (χ4n) is 3.75. The topological polar surface area (TPSA) is 33.6 Å². The molecule has 0 radical (unpaired) electrons. The second kappa shape index (κ2) is 7.63. The van der Waals surface area contributed by atoms with Gasteiger partial charge in [-0.05, 0) is 86.5 Å². The summed E-state index contributed by atoms with van der Waals surface area (Å²) in [7, 11) is 0. The summed E-state index contributed by atoms with van der Waals surface area (Å²) < 4.78 is 7.76. The third kappa shape index (κ3) is 3.72. The van der Waals surface area contributed by atoms with Gasteiger partial charge in [-0.2, -0.15) is 0 Å². The molecule has 0 unspecified atom stereocenters. The Labute approximate surface area is 175 Å². The van der Waals surface area contributed by atoms with Gasteiger partial charge in [0, 0.05) is 38.3 Å². The minimum absolute atomic E-state index is 0.0249. The molecule has 1 fully saturated rings. The van der Waals surface area contributed by atoms with Crippen LogP contribution in [0.4, 0.5) is 5.69 Å². The summed E-state index contributed by atoms with van der Waals surface area (Å²) in [5.74, 6) is 1.07. The lowest BCUT2D eigenvalue weighted by atomic mass is 9.71. The van der Waals surface area contributed by atoms with E-state index in [0.717, 1.165) is 63.5 Å². The molecule has 0 aliphatic carbocycles. The summed E-state index contributed by atoms with van der Waals surface area (Å²) in [5.41, 5.74) is 3.60. The third-order valence-corrected chi connectivity index (χ3v) is 7.27. The van der Waals surface area contributed by atoms with Gasteiger partial charge in [0.25, 0.3) is 0 Å². The normalized spacial score (nSPS) is 20.0. The van der Waals surface area contributed by atoms with Crippen molar-refractivity contribution in [2.24, 2.45) is 10.4 Å². The van der Waals surface area contributed by atoms with Crippen LogP contribution < -0.4 is 5.32 Å². The Balaban J connectivity index is 1.70. The average molecular weight is 499 g/mol. The summed E-state index contributed by atoms with van der Waals surface area (Å²) >= 11 is 13.3. The van der Waals surface area contributed by atoms with E-state index in [4.69, 9.17) is 21.3 Å². The van der Waals surface area contributed by atoms with Crippen LogP contribution >= 0.6 is 43.5 Å². The van der Waals surface area contributed by atoms with Gasteiger partial charge in [-0.15, -0.1) is 0 Å². The maximum absolute atomic E-state index is 6.12. The molecule has 0 amide bonds. The van der Waals surface area contributed by atoms with Gasteiger partial charge in [-0.1, -0.05) is 23.7 Å². The highest BCUT2D eigenvalue weighted by atomic mass is 79.9. The first-order chi connectivity index (χ1) is 12.6. The predicted octanol–water partition coefficient (Wildman–Crippen LogP) is 6.23. The van der Waals surface area contributed by atoms with Crippen molar-refractivity contribution in [1.29, 1.82) is 0 Å². The van der Waals surface area contributed by atoms with E-state index in [2.05, 4.69) is 55.4 Å². The number of amidine groups is 1. The second-order valence-corrected chi connectivity index (χ2v) is 9.06. The zero-order chi connectivity index (χ0) is 18.1. The molecule has 3 nitrogen and oxygen atoms in total. The molecule has 0 atom stereocenters. The van der Waals surface area contributed by atoms with E-state index in [1.165, 1.54) is 5.56 Å². The Hall–Kier alpha value is -0.880. The van der Waals surface area contributed by atoms with Crippen LogP contribution in [0, 0.1) is 5.41 Å². The number of aliphatic imine (C=N–C) groups is 1. The predicted molar refractivity (Wildman–Crippen MR) is 114 cm³/mol. The minimum atomic E-state index is 0.0249. The van der Waals surface area contributed by atoms with Crippen LogP contribution in [0.3, 0.4) is 0 Å². The number of anilines is 1. The van der Waals surface area contributed by atoms with E-state index in [1.807, 2.05) is 18.2 Å². The van der Waals surface area contributed by atoms with E-state index >= 15 is 0 Å².